The number of anilines is 1. The summed E-state index contributed by atoms with van der Waals surface area (Å²) in [5, 5.41) is 6.74. The lowest BCUT2D eigenvalue weighted by molar-refractivity contribution is 0.299. The Balaban J connectivity index is 2.01. The van der Waals surface area contributed by atoms with Crippen molar-refractivity contribution >= 4 is 5.69 Å². The van der Waals surface area contributed by atoms with Gasteiger partial charge in [0.15, 0.2) is 6.29 Å². The Morgan fingerprint density at radius 1 is 1.36 bits per heavy atom. The smallest absolute Gasteiger partial charge is 0.155 e. The number of hydrogen-bond donors (Lipinski definition) is 2. The summed E-state index contributed by atoms with van der Waals surface area (Å²) in [6, 6.07) is 10.2. The van der Waals surface area contributed by atoms with E-state index < -0.39 is 0 Å². The minimum atomic E-state index is 0.183. The lowest BCUT2D eigenvalue weighted by atomic mass is 10.3. The molecule has 1 aromatic carbocycles. The first-order valence-corrected chi connectivity index (χ1v) is 4.80. The summed E-state index contributed by atoms with van der Waals surface area (Å²) in [5.41, 5.74) is 1.13. The number of benzene rings is 1. The molecule has 1 aliphatic rings. The van der Waals surface area contributed by atoms with Gasteiger partial charge in [-0.3, -0.25) is 5.32 Å². The van der Waals surface area contributed by atoms with Crippen molar-refractivity contribution in [3.63, 3.8) is 0 Å². The molecular weight excluding hydrogens is 174 g/mol. The molecule has 0 aliphatic carbocycles. The van der Waals surface area contributed by atoms with E-state index in [0.29, 0.717) is 0 Å². The molecule has 1 atom stereocenters. The second-order valence-corrected chi connectivity index (χ2v) is 3.37. The first-order valence-electron chi connectivity index (χ1n) is 4.80. The van der Waals surface area contributed by atoms with Crippen LogP contribution in [0, 0.1) is 0 Å². The predicted molar refractivity (Wildman–Crippen MR) is 58.8 cm³/mol. The second kappa shape index (κ2) is 4.15. The standard InChI is InChI=1S/C11H15N3/c1-14-9-5-8-12-11(14)13-10-6-3-2-4-7-10/h2-7,9,11-13H,8H2,1H3. The van der Waals surface area contributed by atoms with Crippen molar-refractivity contribution < 1.29 is 0 Å². The van der Waals surface area contributed by atoms with Gasteiger partial charge in [-0.1, -0.05) is 24.3 Å². The number of hydrogen-bond acceptors (Lipinski definition) is 3. The van der Waals surface area contributed by atoms with Crippen molar-refractivity contribution in [3.8, 4) is 0 Å². The summed E-state index contributed by atoms with van der Waals surface area (Å²) >= 11 is 0. The first kappa shape index (κ1) is 9.09. The van der Waals surface area contributed by atoms with Crippen LogP contribution in [0.1, 0.15) is 0 Å². The fraction of sp³-hybridized carbons (Fsp3) is 0.273. The van der Waals surface area contributed by atoms with Crippen LogP contribution in [0.2, 0.25) is 0 Å². The van der Waals surface area contributed by atoms with Crippen molar-refractivity contribution in [1.29, 1.82) is 0 Å². The Hall–Kier alpha value is -1.48. The highest BCUT2D eigenvalue weighted by molar-refractivity contribution is 5.43. The van der Waals surface area contributed by atoms with E-state index in [0.717, 1.165) is 12.2 Å². The Morgan fingerprint density at radius 3 is 2.86 bits per heavy atom. The monoisotopic (exact) mass is 189 g/mol. The number of nitrogens with one attached hydrogen (secondary N) is 2. The molecule has 1 unspecified atom stereocenters. The number of nitrogens with zero attached hydrogens (tertiary/aromatic N) is 1. The summed E-state index contributed by atoms with van der Waals surface area (Å²) in [6.07, 6.45) is 4.36. The molecular formula is C11H15N3. The lowest BCUT2D eigenvalue weighted by Crippen LogP contribution is -2.49. The van der Waals surface area contributed by atoms with Crippen molar-refractivity contribution in [2.75, 3.05) is 18.9 Å². The van der Waals surface area contributed by atoms with E-state index in [9.17, 15) is 0 Å². The molecule has 0 bridgehead atoms. The normalized spacial score (nSPS) is 20.9. The molecule has 14 heavy (non-hydrogen) atoms. The van der Waals surface area contributed by atoms with E-state index >= 15 is 0 Å². The minimum Gasteiger partial charge on any atom is -0.353 e. The number of rotatable bonds is 2. The third kappa shape index (κ3) is 2.06. The van der Waals surface area contributed by atoms with Gasteiger partial charge in [-0.05, 0) is 18.3 Å². The Kier molecular flexibility index (Phi) is 2.70. The van der Waals surface area contributed by atoms with Gasteiger partial charge in [-0.25, -0.2) is 0 Å². The van der Waals surface area contributed by atoms with Crippen LogP contribution in [-0.2, 0) is 0 Å². The van der Waals surface area contributed by atoms with Crippen LogP contribution in [0.4, 0.5) is 5.69 Å². The van der Waals surface area contributed by atoms with E-state index in [1.54, 1.807) is 0 Å². The molecule has 2 N–H and O–H groups in total. The summed E-state index contributed by atoms with van der Waals surface area (Å²) in [7, 11) is 2.04. The largest absolute Gasteiger partial charge is 0.353 e. The molecule has 0 aromatic heterocycles. The van der Waals surface area contributed by atoms with E-state index in [1.807, 2.05) is 25.2 Å². The maximum Gasteiger partial charge on any atom is 0.155 e. The van der Waals surface area contributed by atoms with Gasteiger partial charge >= 0.3 is 0 Å². The maximum absolute atomic E-state index is 3.39. The second-order valence-electron chi connectivity index (χ2n) is 3.37. The maximum atomic E-state index is 3.39. The third-order valence-electron chi connectivity index (χ3n) is 2.25. The molecule has 0 spiro atoms. The highest BCUT2D eigenvalue weighted by Crippen LogP contribution is 2.08. The van der Waals surface area contributed by atoms with Gasteiger partial charge in [-0.15, -0.1) is 0 Å². The SMILES string of the molecule is CN1C=CCNC1Nc1ccccc1. The van der Waals surface area contributed by atoms with Gasteiger partial charge in [-0.2, -0.15) is 0 Å². The van der Waals surface area contributed by atoms with Crippen LogP contribution >= 0.6 is 0 Å². The highest BCUT2D eigenvalue weighted by Gasteiger charge is 2.12. The zero-order valence-electron chi connectivity index (χ0n) is 8.27. The van der Waals surface area contributed by atoms with Crippen molar-refractivity contribution in [2.45, 2.75) is 6.29 Å². The van der Waals surface area contributed by atoms with Crippen molar-refractivity contribution in [2.24, 2.45) is 0 Å². The topological polar surface area (TPSA) is 27.3 Å². The van der Waals surface area contributed by atoms with Gasteiger partial charge in [0.05, 0.1) is 0 Å². The number of para-hydroxylation sites is 1. The lowest BCUT2D eigenvalue weighted by Gasteiger charge is -2.31. The molecule has 0 saturated heterocycles. The molecule has 3 heteroatoms. The van der Waals surface area contributed by atoms with E-state index in [-0.39, 0.29) is 6.29 Å². The fourth-order valence-corrected chi connectivity index (χ4v) is 1.47. The van der Waals surface area contributed by atoms with Crippen LogP contribution < -0.4 is 10.6 Å². The van der Waals surface area contributed by atoms with Gasteiger partial charge < -0.3 is 10.2 Å². The quantitative estimate of drug-likeness (QED) is 0.737. The molecule has 3 nitrogen and oxygen atoms in total. The van der Waals surface area contributed by atoms with Crippen LogP contribution in [0.5, 0.6) is 0 Å². The molecule has 1 aromatic rings. The summed E-state index contributed by atoms with van der Waals surface area (Å²) in [5.74, 6) is 0. The van der Waals surface area contributed by atoms with Crippen molar-refractivity contribution in [3.05, 3.63) is 42.6 Å². The van der Waals surface area contributed by atoms with Gasteiger partial charge in [0.25, 0.3) is 0 Å². The van der Waals surface area contributed by atoms with Crippen molar-refractivity contribution in [1.82, 2.24) is 10.2 Å². The molecule has 0 saturated carbocycles. The van der Waals surface area contributed by atoms with Crippen LogP contribution in [0.3, 0.4) is 0 Å². The van der Waals surface area contributed by atoms with Gasteiger partial charge in [0.2, 0.25) is 0 Å². The molecule has 1 heterocycles. The first-order chi connectivity index (χ1) is 6.86. The van der Waals surface area contributed by atoms with E-state index in [1.165, 1.54) is 0 Å². The Morgan fingerprint density at radius 2 is 2.14 bits per heavy atom. The summed E-state index contributed by atoms with van der Waals surface area (Å²) in [6.45, 7) is 0.912. The molecule has 1 aliphatic heterocycles. The van der Waals surface area contributed by atoms with Crippen LogP contribution in [-0.4, -0.2) is 24.8 Å². The molecule has 0 fully saturated rings. The average Bonchev–Trinajstić information content (AvgIpc) is 2.23. The predicted octanol–water partition coefficient (Wildman–Crippen LogP) is 1.43. The molecule has 2 rings (SSSR count). The summed E-state index contributed by atoms with van der Waals surface area (Å²) in [4.78, 5) is 2.11. The minimum absolute atomic E-state index is 0.183. The summed E-state index contributed by atoms with van der Waals surface area (Å²) < 4.78 is 0. The fourth-order valence-electron chi connectivity index (χ4n) is 1.47. The van der Waals surface area contributed by atoms with E-state index in [4.69, 9.17) is 0 Å². The molecule has 0 radical (unpaired) electrons. The zero-order chi connectivity index (χ0) is 9.80. The van der Waals surface area contributed by atoms with Crippen LogP contribution in [0.25, 0.3) is 0 Å². The van der Waals surface area contributed by atoms with Crippen LogP contribution in [0.15, 0.2) is 42.6 Å². The average molecular weight is 189 g/mol. The third-order valence-corrected chi connectivity index (χ3v) is 2.25. The highest BCUT2D eigenvalue weighted by atomic mass is 15.4. The van der Waals surface area contributed by atoms with E-state index in [2.05, 4.69) is 39.9 Å². The zero-order valence-corrected chi connectivity index (χ0v) is 8.27. The molecule has 0 amide bonds. The van der Waals surface area contributed by atoms with Gasteiger partial charge in [0.1, 0.15) is 0 Å². The molecule has 74 valence electrons. The Bertz CT molecular complexity index is 308. The van der Waals surface area contributed by atoms with Gasteiger partial charge in [0, 0.05) is 19.3 Å². The Labute approximate surface area is 84.4 Å².